The summed E-state index contributed by atoms with van der Waals surface area (Å²) in [5.74, 6) is -0.397. The molecule has 0 aliphatic carbocycles. The molecule has 1 amide bonds. The Balaban J connectivity index is 2.01. The molecule has 0 spiro atoms. The van der Waals surface area contributed by atoms with E-state index < -0.39 is 23.5 Å². The van der Waals surface area contributed by atoms with E-state index in [1.54, 1.807) is 26.1 Å². The molecule has 0 bridgehead atoms. The number of hydrogen-bond donors (Lipinski definition) is 3. The number of rotatable bonds is 7. The lowest BCUT2D eigenvalue weighted by molar-refractivity contribution is -0.137. The molecular weight excluding hydrogens is 427 g/mol. The zero-order valence-corrected chi connectivity index (χ0v) is 17.4. The van der Waals surface area contributed by atoms with Crippen molar-refractivity contribution in [1.29, 1.82) is 0 Å². The molecule has 168 valence electrons. The van der Waals surface area contributed by atoms with Gasteiger partial charge in [0.05, 0.1) is 18.5 Å². The van der Waals surface area contributed by atoms with Gasteiger partial charge in [-0.2, -0.15) is 18.2 Å². The second-order valence-corrected chi connectivity index (χ2v) is 6.64. The summed E-state index contributed by atoms with van der Waals surface area (Å²) >= 11 is 0. The van der Waals surface area contributed by atoms with E-state index in [0.29, 0.717) is 17.9 Å². The molecule has 3 rings (SSSR count). The molecule has 2 aromatic heterocycles. The minimum absolute atomic E-state index is 0.102. The van der Waals surface area contributed by atoms with E-state index in [1.807, 2.05) is 0 Å². The van der Waals surface area contributed by atoms with Crippen molar-refractivity contribution in [3.63, 3.8) is 0 Å². The fourth-order valence-corrected chi connectivity index (χ4v) is 2.70. The zero-order chi connectivity index (χ0) is 23.5. The van der Waals surface area contributed by atoms with Gasteiger partial charge in [0.15, 0.2) is 0 Å². The number of halogens is 3. The molecule has 9 nitrogen and oxygen atoms in total. The molecule has 2 heterocycles. The molecule has 3 aromatic rings. The van der Waals surface area contributed by atoms with Crippen LogP contribution in [0.3, 0.4) is 0 Å². The molecule has 3 N–H and O–H groups in total. The van der Waals surface area contributed by atoms with Crippen LogP contribution in [0.5, 0.6) is 5.88 Å². The highest BCUT2D eigenvalue weighted by atomic mass is 19.4. The van der Waals surface area contributed by atoms with Gasteiger partial charge in [0.25, 0.3) is 0 Å². The summed E-state index contributed by atoms with van der Waals surface area (Å²) in [5, 5.41) is 12.1. The van der Waals surface area contributed by atoms with Crippen molar-refractivity contribution in [1.82, 2.24) is 19.7 Å². The smallest absolute Gasteiger partial charge is 0.421 e. The Hall–Kier alpha value is -4.09. The molecule has 32 heavy (non-hydrogen) atoms. The first-order valence-corrected chi connectivity index (χ1v) is 9.21. The summed E-state index contributed by atoms with van der Waals surface area (Å²) in [6.07, 6.45) is -2.99. The van der Waals surface area contributed by atoms with Crippen LogP contribution in [-0.4, -0.2) is 32.8 Å². The highest BCUT2D eigenvalue weighted by Gasteiger charge is 2.35. The first kappa shape index (κ1) is 22.6. The van der Waals surface area contributed by atoms with Gasteiger partial charge in [0, 0.05) is 19.3 Å². The molecular formula is C20H20F3N7O2. The SMILES string of the molecule is C=CC(=O)Nc1cc(C)ccc1Nc1nc(Nc2cc(OC)nn2C)ncc1C(F)(F)F. The van der Waals surface area contributed by atoms with Crippen molar-refractivity contribution in [3.8, 4) is 5.88 Å². The van der Waals surface area contributed by atoms with Crippen molar-refractivity contribution in [2.24, 2.45) is 7.05 Å². The Morgan fingerprint density at radius 1 is 1.22 bits per heavy atom. The Kier molecular flexibility index (Phi) is 6.32. The van der Waals surface area contributed by atoms with Crippen molar-refractivity contribution >= 4 is 34.9 Å². The summed E-state index contributed by atoms with van der Waals surface area (Å²) in [6.45, 7) is 5.16. The van der Waals surface area contributed by atoms with Gasteiger partial charge < -0.3 is 20.7 Å². The molecule has 0 saturated heterocycles. The second-order valence-electron chi connectivity index (χ2n) is 6.64. The zero-order valence-electron chi connectivity index (χ0n) is 17.4. The van der Waals surface area contributed by atoms with Gasteiger partial charge in [-0.05, 0) is 30.7 Å². The standard InChI is InChI=1S/C20H20F3N7O2/c1-5-16(31)25-14-8-11(2)6-7-13(14)26-18-12(20(21,22)23)10-24-19(28-18)27-15-9-17(32-4)29-30(15)3/h5-10H,1H2,2-4H3,(H,25,31)(H2,24,26,27,28). The molecule has 0 aliphatic rings. The fourth-order valence-electron chi connectivity index (χ4n) is 2.70. The monoisotopic (exact) mass is 447 g/mol. The van der Waals surface area contributed by atoms with Gasteiger partial charge in [-0.3, -0.25) is 4.79 Å². The third-order valence-electron chi connectivity index (χ3n) is 4.27. The molecule has 0 unspecified atom stereocenters. The van der Waals surface area contributed by atoms with Crippen LogP contribution < -0.4 is 20.7 Å². The van der Waals surface area contributed by atoms with E-state index in [4.69, 9.17) is 4.74 Å². The first-order chi connectivity index (χ1) is 15.1. The van der Waals surface area contributed by atoms with Gasteiger partial charge in [0.2, 0.25) is 17.7 Å². The highest BCUT2D eigenvalue weighted by Crippen LogP contribution is 2.37. The van der Waals surface area contributed by atoms with Gasteiger partial charge in [-0.25, -0.2) is 9.67 Å². The number of anilines is 5. The quantitative estimate of drug-likeness (QED) is 0.467. The minimum Gasteiger partial charge on any atom is -0.480 e. The lowest BCUT2D eigenvalue weighted by Gasteiger charge is -2.17. The van der Waals surface area contributed by atoms with Crippen molar-refractivity contribution in [2.75, 3.05) is 23.1 Å². The largest absolute Gasteiger partial charge is 0.480 e. The number of carbonyl (C=O) groups excluding carboxylic acids is 1. The minimum atomic E-state index is -4.72. The van der Waals surface area contributed by atoms with Gasteiger partial charge >= 0.3 is 6.18 Å². The molecule has 1 aromatic carbocycles. The van der Waals surface area contributed by atoms with E-state index >= 15 is 0 Å². The van der Waals surface area contributed by atoms with Crippen molar-refractivity contribution in [3.05, 3.63) is 54.2 Å². The van der Waals surface area contributed by atoms with Gasteiger partial charge in [-0.1, -0.05) is 12.6 Å². The number of alkyl halides is 3. The Morgan fingerprint density at radius 3 is 2.59 bits per heavy atom. The van der Waals surface area contributed by atoms with Crippen LogP contribution >= 0.6 is 0 Å². The number of nitrogens with zero attached hydrogens (tertiary/aromatic N) is 4. The predicted molar refractivity (Wildman–Crippen MR) is 113 cm³/mol. The van der Waals surface area contributed by atoms with Crippen LogP contribution in [0, 0.1) is 6.92 Å². The third kappa shape index (κ3) is 5.14. The van der Waals surface area contributed by atoms with Crippen LogP contribution in [0.2, 0.25) is 0 Å². The van der Waals surface area contributed by atoms with Crippen LogP contribution in [0.25, 0.3) is 0 Å². The average molecular weight is 447 g/mol. The number of carbonyl (C=O) groups is 1. The van der Waals surface area contributed by atoms with Crippen molar-refractivity contribution in [2.45, 2.75) is 13.1 Å². The number of amides is 1. The maximum Gasteiger partial charge on any atom is 0.421 e. The molecule has 0 radical (unpaired) electrons. The van der Waals surface area contributed by atoms with E-state index in [0.717, 1.165) is 11.6 Å². The lowest BCUT2D eigenvalue weighted by atomic mass is 10.1. The number of nitrogens with one attached hydrogen (secondary N) is 3. The number of methoxy groups -OCH3 is 1. The fraction of sp³-hybridized carbons (Fsp3) is 0.200. The molecule has 0 aliphatic heterocycles. The van der Waals surface area contributed by atoms with E-state index in [9.17, 15) is 18.0 Å². The number of ether oxygens (including phenoxy) is 1. The maximum atomic E-state index is 13.6. The number of aryl methyl sites for hydroxylation is 2. The average Bonchev–Trinajstić information content (AvgIpc) is 3.08. The molecule has 0 fully saturated rings. The number of hydrogen-bond acceptors (Lipinski definition) is 7. The van der Waals surface area contributed by atoms with E-state index in [2.05, 4.69) is 37.6 Å². The Bertz CT molecular complexity index is 1160. The maximum absolute atomic E-state index is 13.6. The van der Waals surface area contributed by atoms with Crippen LogP contribution in [0.1, 0.15) is 11.1 Å². The summed E-state index contributed by atoms with van der Waals surface area (Å²) < 4.78 is 47.2. The van der Waals surface area contributed by atoms with Crippen LogP contribution in [-0.2, 0) is 18.0 Å². The van der Waals surface area contributed by atoms with Crippen LogP contribution in [0.4, 0.5) is 42.1 Å². The van der Waals surface area contributed by atoms with Gasteiger partial charge in [0.1, 0.15) is 17.2 Å². The van der Waals surface area contributed by atoms with E-state index in [1.165, 1.54) is 23.9 Å². The second kappa shape index (κ2) is 8.96. The first-order valence-electron chi connectivity index (χ1n) is 9.21. The normalized spacial score (nSPS) is 11.1. The number of aromatic nitrogens is 4. The lowest BCUT2D eigenvalue weighted by Crippen LogP contribution is -2.14. The van der Waals surface area contributed by atoms with E-state index in [-0.39, 0.29) is 17.3 Å². The Morgan fingerprint density at radius 2 is 1.97 bits per heavy atom. The van der Waals surface area contributed by atoms with Crippen LogP contribution in [0.15, 0.2) is 43.1 Å². The summed E-state index contributed by atoms with van der Waals surface area (Å²) in [5.41, 5.74) is 0.198. The molecule has 0 atom stereocenters. The Labute approximate surface area is 181 Å². The predicted octanol–water partition coefficient (Wildman–Crippen LogP) is 4.16. The third-order valence-corrected chi connectivity index (χ3v) is 4.27. The highest BCUT2D eigenvalue weighted by molar-refractivity contribution is 6.01. The number of benzene rings is 1. The molecule has 0 saturated carbocycles. The summed E-state index contributed by atoms with van der Waals surface area (Å²) in [7, 11) is 3.06. The van der Waals surface area contributed by atoms with Gasteiger partial charge in [-0.15, -0.1) is 5.10 Å². The van der Waals surface area contributed by atoms with Crippen molar-refractivity contribution < 1.29 is 22.7 Å². The summed E-state index contributed by atoms with van der Waals surface area (Å²) in [4.78, 5) is 19.5. The summed E-state index contributed by atoms with van der Waals surface area (Å²) in [6, 6.07) is 6.37. The topological polar surface area (TPSA) is 106 Å². The molecule has 12 heteroatoms.